The van der Waals surface area contributed by atoms with Crippen molar-refractivity contribution in [2.24, 2.45) is 0 Å². The van der Waals surface area contributed by atoms with E-state index in [0.717, 1.165) is 29.8 Å². The number of carbonyl (C=O) groups is 1. The van der Waals surface area contributed by atoms with Crippen molar-refractivity contribution in [1.29, 1.82) is 0 Å². The molecule has 1 saturated heterocycles. The van der Waals surface area contributed by atoms with Crippen LogP contribution in [0.15, 0.2) is 48.5 Å². The molecule has 0 radical (unpaired) electrons. The van der Waals surface area contributed by atoms with E-state index in [1.807, 2.05) is 30.3 Å². The van der Waals surface area contributed by atoms with Crippen LogP contribution >= 0.6 is 0 Å². The Bertz CT molecular complexity index is 709. The monoisotopic (exact) mass is 338 g/mol. The molecule has 4 heteroatoms. The first-order valence-electron chi connectivity index (χ1n) is 8.96. The number of rotatable bonds is 7. The molecule has 1 heterocycles. The first-order chi connectivity index (χ1) is 12.2. The van der Waals surface area contributed by atoms with Crippen LogP contribution < -0.4 is 15.4 Å². The molecular formula is C21H26N2O2. The van der Waals surface area contributed by atoms with Crippen LogP contribution in [0.25, 0.3) is 0 Å². The SMILES string of the molecule is Cc1cccc(COc2cccc(CC(=O)NCC3CCCN3)c2)c1. The second kappa shape index (κ2) is 8.67. The molecule has 2 N–H and O–H groups in total. The summed E-state index contributed by atoms with van der Waals surface area (Å²) in [5, 5.41) is 6.40. The fourth-order valence-electron chi connectivity index (χ4n) is 3.13. The highest BCUT2D eigenvalue weighted by atomic mass is 16.5. The summed E-state index contributed by atoms with van der Waals surface area (Å²) in [5.41, 5.74) is 3.34. The van der Waals surface area contributed by atoms with Crippen LogP contribution in [-0.2, 0) is 17.8 Å². The number of carbonyl (C=O) groups excluding carboxylic acids is 1. The third-order valence-electron chi connectivity index (χ3n) is 4.46. The lowest BCUT2D eigenvalue weighted by Crippen LogP contribution is -2.37. The molecule has 2 aromatic rings. The van der Waals surface area contributed by atoms with Crippen LogP contribution in [0.5, 0.6) is 5.75 Å². The van der Waals surface area contributed by atoms with Crippen molar-refractivity contribution in [3.63, 3.8) is 0 Å². The molecule has 132 valence electrons. The standard InChI is InChI=1S/C21H26N2O2/c1-16-5-2-7-18(11-16)15-25-20-9-3-6-17(12-20)13-21(24)23-14-19-8-4-10-22-19/h2-3,5-7,9,11-12,19,22H,4,8,10,13-15H2,1H3,(H,23,24). The van der Waals surface area contributed by atoms with Crippen molar-refractivity contribution < 1.29 is 9.53 Å². The number of ether oxygens (including phenoxy) is 1. The minimum Gasteiger partial charge on any atom is -0.489 e. The highest BCUT2D eigenvalue weighted by molar-refractivity contribution is 5.78. The maximum Gasteiger partial charge on any atom is 0.224 e. The molecule has 0 bridgehead atoms. The van der Waals surface area contributed by atoms with E-state index >= 15 is 0 Å². The minimum absolute atomic E-state index is 0.0598. The zero-order chi connectivity index (χ0) is 17.5. The molecular weight excluding hydrogens is 312 g/mol. The van der Waals surface area contributed by atoms with Crippen LogP contribution in [0.1, 0.15) is 29.5 Å². The molecule has 0 aromatic heterocycles. The van der Waals surface area contributed by atoms with Crippen LogP contribution in [0, 0.1) is 6.92 Å². The van der Waals surface area contributed by atoms with E-state index in [2.05, 4.69) is 35.8 Å². The molecule has 1 aliphatic heterocycles. The molecule has 0 spiro atoms. The molecule has 4 nitrogen and oxygen atoms in total. The second-order valence-electron chi connectivity index (χ2n) is 6.70. The maximum absolute atomic E-state index is 12.1. The summed E-state index contributed by atoms with van der Waals surface area (Å²) in [6, 6.07) is 16.5. The third kappa shape index (κ3) is 5.61. The van der Waals surface area contributed by atoms with E-state index in [0.29, 0.717) is 25.6 Å². The summed E-state index contributed by atoms with van der Waals surface area (Å²) in [6.07, 6.45) is 2.72. The Hall–Kier alpha value is -2.33. The number of hydrogen-bond acceptors (Lipinski definition) is 3. The van der Waals surface area contributed by atoms with E-state index < -0.39 is 0 Å². The average molecular weight is 338 g/mol. The summed E-state index contributed by atoms with van der Waals surface area (Å²) in [7, 11) is 0. The highest BCUT2D eigenvalue weighted by Crippen LogP contribution is 2.16. The van der Waals surface area contributed by atoms with Gasteiger partial charge in [-0.15, -0.1) is 0 Å². The Labute approximate surface area is 149 Å². The van der Waals surface area contributed by atoms with Crippen molar-refractivity contribution in [2.45, 2.75) is 38.8 Å². The molecule has 0 aliphatic carbocycles. The number of benzene rings is 2. The van der Waals surface area contributed by atoms with Crippen molar-refractivity contribution in [3.8, 4) is 5.75 Å². The lowest BCUT2D eigenvalue weighted by molar-refractivity contribution is -0.120. The fourth-order valence-corrected chi connectivity index (χ4v) is 3.13. The normalized spacial score (nSPS) is 16.6. The fraction of sp³-hybridized carbons (Fsp3) is 0.381. The Balaban J connectivity index is 1.49. The maximum atomic E-state index is 12.1. The molecule has 3 rings (SSSR count). The van der Waals surface area contributed by atoms with Crippen LogP contribution in [0.4, 0.5) is 0 Å². The zero-order valence-corrected chi connectivity index (χ0v) is 14.8. The second-order valence-corrected chi connectivity index (χ2v) is 6.70. The van der Waals surface area contributed by atoms with Gasteiger partial charge in [-0.1, -0.05) is 42.0 Å². The van der Waals surface area contributed by atoms with Gasteiger partial charge in [0.05, 0.1) is 6.42 Å². The highest BCUT2D eigenvalue weighted by Gasteiger charge is 2.14. The van der Waals surface area contributed by atoms with Crippen molar-refractivity contribution >= 4 is 5.91 Å². The third-order valence-corrected chi connectivity index (χ3v) is 4.46. The van der Waals surface area contributed by atoms with Gasteiger partial charge in [0, 0.05) is 12.6 Å². The van der Waals surface area contributed by atoms with E-state index in [9.17, 15) is 4.79 Å². The molecule has 1 amide bonds. The quantitative estimate of drug-likeness (QED) is 0.816. The summed E-state index contributed by atoms with van der Waals surface area (Å²) in [4.78, 5) is 12.1. The van der Waals surface area contributed by atoms with Gasteiger partial charge in [-0.3, -0.25) is 4.79 Å². The Morgan fingerprint density at radius 1 is 1.20 bits per heavy atom. The van der Waals surface area contributed by atoms with Gasteiger partial charge in [0.1, 0.15) is 12.4 Å². The van der Waals surface area contributed by atoms with Crippen LogP contribution in [0.3, 0.4) is 0 Å². The summed E-state index contributed by atoms with van der Waals surface area (Å²) < 4.78 is 5.87. The van der Waals surface area contributed by atoms with Gasteiger partial charge in [-0.2, -0.15) is 0 Å². The predicted molar refractivity (Wildman–Crippen MR) is 99.7 cm³/mol. The largest absolute Gasteiger partial charge is 0.489 e. The van der Waals surface area contributed by atoms with Gasteiger partial charge >= 0.3 is 0 Å². The lowest BCUT2D eigenvalue weighted by Gasteiger charge is -2.12. The zero-order valence-electron chi connectivity index (χ0n) is 14.8. The number of hydrogen-bond donors (Lipinski definition) is 2. The molecule has 1 aliphatic rings. The van der Waals surface area contributed by atoms with Crippen LogP contribution in [0.2, 0.25) is 0 Å². The van der Waals surface area contributed by atoms with E-state index in [1.165, 1.54) is 12.0 Å². The van der Waals surface area contributed by atoms with Crippen molar-refractivity contribution in [1.82, 2.24) is 10.6 Å². The number of aryl methyl sites for hydroxylation is 1. The molecule has 0 saturated carbocycles. The summed E-state index contributed by atoms with van der Waals surface area (Å²) >= 11 is 0. The van der Waals surface area contributed by atoms with Gasteiger partial charge < -0.3 is 15.4 Å². The van der Waals surface area contributed by atoms with E-state index in [4.69, 9.17) is 4.74 Å². The van der Waals surface area contributed by atoms with E-state index in [-0.39, 0.29) is 5.91 Å². The first kappa shape index (κ1) is 17.5. The average Bonchev–Trinajstić information content (AvgIpc) is 3.12. The number of amides is 1. The summed E-state index contributed by atoms with van der Waals surface area (Å²) in [5.74, 6) is 0.855. The molecule has 1 unspecified atom stereocenters. The van der Waals surface area contributed by atoms with Crippen molar-refractivity contribution in [2.75, 3.05) is 13.1 Å². The minimum atomic E-state index is 0.0598. The van der Waals surface area contributed by atoms with Gasteiger partial charge in [0.15, 0.2) is 0 Å². The predicted octanol–water partition coefficient (Wildman–Crippen LogP) is 2.98. The number of nitrogens with one attached hydrogen (secondary N) is 2. The van der Waals surface area contributed by atoms with Gasteiger partial charge in [0.2, 0.25) is 5.91 Å². The molecule has 25 heavy (non-hydrogen) atoms. The summed E-state index contributed by atoms with van der Waals surface area (Å²) in [6.45, 7) is 4.37. The Kier molecular flexibility index (Phi) is 6.07. The first-order valence-corrected chi connectivity index (χ1v) is 8.96. The van der Waals surface area contributed by atoms with Crippen LogP contribution in [-0.4, -0.2) is 25.0 Å². The molecule has 2 aromatic carbocycles. The van der Waals surface area contributed by atoms with Gasteiger partial charge in [-0.05, 0) is 49.6 Å². The van der Waals surface area contributed by atoms with Gasteiger partial charge in [0.25, 0.3) is 0 Å². The molecule has 1 atom stereocenters. The smallest absolute Gasteiger partial charge is 0.224 e. The van der Waals surface area contributed by atoms with Gasteiger partial charge in [-0.25, -0.2) is 0 Å². The molecule has 1 fully saturated rings. The van der Waals surface area contributed by atoms with E-state index in [1.54, 1.807) is 0 Å². The topological polar surface area (TPSA) is 50.4 Å². The van der Waals surface area contributed by atoms with Crippen molar-refractivity contribution in [3.05, 3.63) is 65.2 Å². The lowest BCUT2D eigenvalue weighted by atomic mass is 10.1. The Morgan fingerprint density at radius 2 is 2.04 bits per heavy atom. The Morgan fingerprint density at radius 3 is 2.84 bits per heavy atom.